The molecule has 1 amide bonds. The van der Waals surface area contributed by atoms with Gasteiger partial charge >= 0.3 is 0 Å². The summed E-state index contributed by atoms with van der Waals surface area (Å²) < 4.78 is 27.1. The van der Waals surface area contributed by atoms with Crippen LogP contribution in [-0.4, -0.2) is 23.4 Å². The van der Waals surface area contributed by atoms with E-state index in [1.54, 1.807) is 4.90 Å². The van der Waals surface area contributed by atoms with Crippen molar-refractivity contribution in [3.05, 3.63) is 29.3 Å². The summed E-state index contributed by atoms with van der Waals surface area (Å²) in [6.45, 7) is 8.57. The SMILES string of the molecule is CCC(CC)N(CC(C)C)C(=O)c1cc(F)c(N)c(F)c1. The molecule has 0 aliphatic heterocycles. The molecule has 0 spiro atoms. The van der Waals surface area contributed by atoms with Gasteiger partial charge in [-0.1, -0.05) is 27.7 Å². The Morgan fingerprint density at radius 1 is 1.19 bits per heavy atom. The molecule has 0 bridgehead atoms. The highest BCUT2D eigenvalue weighted by atomic mass is 19.1. The minimum atomic E-state index is -0.896. The second-order valence-electron chi connectivity index (χ2n) is 5.68. The van der Waals surface area contributed by atoms with E-state index < -0.39 is 17.3 Å². The number of hydrogen-bond acceptors (Lipinski definition) is 2. The minimum absolute atomic E-state index is 0.00625. The molecule has 118 valence electrons. The predicted octanol–water partition coefficient (Wildman–Crippen LogP) is 3.83. The average molecular weight is 298 g/mol. The number of nitrogens with two attached hydrogens (primary N) is 1. The van der Waals surface area contributed by atoms with Gasteiger partial charge in [0.2, 0.25) is 0 Å². The van der Waals surface area contributed by atoms with Gasteiger partial charge in [-0.25, -0.2) is 8.78 Å². The first kappa shape index (κ1) is 17.4. The molecule has 5 heteroatoms. The number of amides is 1. The van der Waals surface area contributed by atoms with Crippen LogP contribution in [0.2, 0.25) is 0 Å². The lowest BCUT2D eigenvalue weighted by Gasteiger charge is -2.32. The third-order valence-corrected chi connectivity index (χ3v) is 3.53. The lowest BCUT2D eigenvalue weighted by atomic mass is 10.0. The fourth-order valence-corrected chi connectivity index (χ4v) is 2.39. The highest BCUT2D eigenvalue weighted by Gasteiger charge is 2.24. The van der Waals surface area contributed by atoms with Crippen molar-refractivity contribution in [1.82, 2.24) is 4.90 Å². The van der Waals surface area contributed by atoms with E-state index in [-0.39, 0.29) is 23.4 Å². The molecule has 0 aliphatic rings. The number of rotatable bonds is 6. The summed E-state index contributed by atoms with van der Waals surface area (Å²) in [5.41, 5.74) is 4.70. The second-order valence-corrected chi connectivity index (χ2v) is 5.68. The predicted molar refractivity (Wildman–Crippen MR) is 81.0 cm³/mol. The Labute approximate surface area is 125 Å². The first-order chi connectivity index (χ1) is 9.81. The molecule has 1 aromatic rings. The molecule has 1 aromatic carbocycles. The lowest BCUT2D eigenvalue weighted by molar-refractivity contribution is 0.0639. The number of anilines is 1. The van der Waals surface area contributed by atoms with E-state index in [1.807, 2.05) is 27.7 Å². The van der Waals surface area contributed by atoms with E-state index in [1.165, 1.54) is 0 Å². The molecule has 3 nitrogen and oxygen atoms in total. The van der Waals surface area contributed by atoms with Gasteiger partial charge in [-0.2, -0.15) is 0 Å². The number of nitrogens with zero attached hydrogens (tertiary/aromatic N) is 1. The molecule has 2 N–H and O–H groups in total. The zero-order valence-corrected chi connectivity index (χ0v) is 13.1. The molecule has 0 saturated heterocycles. The first-order valence-electron chi connectivity index (χ1n) is 7.37. The summed E-state index contributed by atoms with van der Waals surface area (Å²) >= 11 is 0. The van der Waals surface area contributed by atoms with E-state index in [2.05, 4.69) is 0 Å². The molecule has 0 saturated carbocycles. The molecule has 0 fully saturated rings. The maximum atomic E-state index is 13.6. The van der Waals surface area contributed by atoms with Crippen LogP contribution in [0.3, 0.4) is 0 Å². The Kier molecular flexibility index (Phi) is 6.12. The Morgan fingerprint density at radius 3 is 2.05 bits per heavy atom. The number of nitrogen functional groups attached to an aromatic ring is 1. The summed E-state index contributed by atoms with van der Waals surface area (Å²) in [7, 11) is 0. The Morgan fingerprint density at radius 2 is 1.67 bits per heavy atom. The fourth-order valence-electron chi connectivity index (χ4n) is 2.39. The Balaban J connectivity index is 3.15. The maximum absolute atomic E-state index is 13.6. The van der Waals surface area contributed by atoms with Crippen molar-refractivity contribution in [1.29, 1.82) is 0 Å². The van der Waals surface area contributed by atoms with Crippen LogP contribution in [0.4, 0.5) is 14.5 Å². The summed E-state index contributed by atoms with van der Waals surface area (Å²) in [5.74, 6) is -1.87. The van der Waals surface area contributed by atoms with Crippen LogP contribution in [-0.2, 0) is 0 Å². The molecule has 0 heterocycles. The third kappa shape index (κ3) is 4.16. The summed E-state index contributed by atoms with van der Waals surface area (Å²) in [6, 6.07) is 2.08. The van der Waals surface area contributed by atoms with Crippen molar-refractivity contribution in [2.75, 3.05) is 12.3 Å². The maximum Gasteiger partial charge on any atom is 0.254 e. The normalized spacial score (nSPS) is 11.2. The number of carbonyl (C=O) groups is 1. The number of benzene rings is 1. The summed E-state index contributed by atoms with van der Waals surface area (Å²) in [4.78, 5) is 14.3. The van der Waals surface area contributed by atoms with Crippen molar-refractivity contribution in [2.45, 2.75) is 46.6 Å². The van der Waals surface area contributed by atoms with E-state index in [9.17, 15) is 13.6 Å². The van der Waals surface area contributed by atoms with Gasteiger partial charge in [-0.3, -0.25) is 4.79 Å². The smallest absolute Gasteiger partial charge is 0.254 e. The number of halogens is 2. The summed E-state index contributed by atoms with van der Waals surface area (Å²) in [5, 5.41) is 0. The molecule has 0 aliphatic carbocycles. The van der Waals surface area contributed by atoms with Gasteiger partial charge in [0.1, 0.15) is 17.3 Å². The summed E-state index contributed by atoms with van der Waals surface area (Å²) in [6.07, 6.45) is 1.60. The minimum Gasteiger partial charge on any atom is -0.394 e. The second kappa shape index (κ2) is 7.38. The van der Waals surface area contributed by atoms with Gasteiger partial charge in [0.25, 0.3) is 5.91 Å². The highest BCUT2D eigenvalue weighted by molar-refractivity contribution is 5.94. The molecular formula is C16H24F2N2O. The van der Waals surface area contributed by atoms with Crippen LogP contribution in [0.1, 0.15) is 50.9 Å². The van der Waals surface area contributed by atoms with Crippen LogP contribution in [0.15, 0.2) is 12.1 Å². The monoisotopic (exact) mass is 298 g/mol. The molecule has 0 aromatic heterocycles. The first-order valence-corrected chi connectivity index (χ1v) is 7.37. The fraction of sp³-hybridized carbons (Fsp3) is 0.562. The molecule has 21 heavy (non-hydrogen) atoms. The van der Waals surface area contributed by atoms with Crippen molar-refractivity contribution < 1.29 is 13.6 Å². The van der Waals surface area contributed by atoms with E-state index >= 15 is 0 Å². The molecule has 1 rings (SSSR count). The lowest BCUT2D eigenvalue weighted by Crippen LogP contribution is -2.42. The largest absolute Gasteiger partial charge is 0.394 e. The van der Waals surface area contributed by atoms with Crippen molar-refractivity contribution in [2.24, 2.45) is 5.92 Å². The molecule has 0 unspecified atom stereocenters. The average Bonchev–Trinajstić information content (AvgIpc) is 2.43. The van der Waals surface area contributed by atoms with Crippen LogP contribution in [0.25, 0.3) is 0 Å². The zero-order valence-electron chi connectivity index (χ0n) is 13.1. The van der Waals surface area contributed by atoms with Gasteiger partial charge in [0, 0.05) is 18.2 Å². The molecule has 0 radical (unpaired) electrons. The van der Waals surface area contributed by atoms with Gasteiger partial charge in [-0.05, 0) is 30.9 Å². The van der Waals surface area contributed by atoms with Crippen LogP contribution in [0.5, 0.6) is 0 Å². The van der Waals surface area contributed by atoms with E-state index in [0.717, 1.165) is 25.0 Å². The van der Waals surface area contributed by atoms with Gasteiger partial charge < -0.3 is 10.6 Å². The standard InChI is InChI=1S/C16H24F2N2O/c1-5-12(6-2)20(9-10(3)4)16(21)11-7-13(17)15(19)14(18)8-11/h7-8,10,12H,5-6,9,19H2,1-4H3. The van der Waals surface area contributed by atoms with Gasteiger partial charge in [-0.15, -0.1) is 0 Å². The van der Waals surface area contributed by atoms with Crippen LogP contribution >= 0.6 is 0 Å². The number of carbonyl (C=O) groups excluding carboxylic acids is 1. The van der Waals surface area contributed by atoms with Crippen LogP contribution in [0, 0.1) is 17.6 Å². The highest BCUT2D eigenvalue weighted by Crippen LogP contribution is 2.21. The van der Waals surface area contributed by atoms with Crippen molar-refractivity contribution in [3.8, 4) is 0 Å². The topological polar surface area (TPSA) is 46.3 Å². The van der Waals surface area contributed by atoms with Crippen molar-refractivity contribution >= 4 is 11.6 Å². The van der Waals surface area contributed by atoms with Gasteiger partial charge in [0.15, 0.2) is 0 Å². The van der Waals surface area contributed by atoms with Crippen molar-refractivity contribution in [3.63, 3.8) is 0 Å². The Hall–Kier alpha value is -1.65. The molecule has 0 atom stereocenters. The third-order valence-electron chi connectivity index (χ3n) is 3.53. The zero-order chi connectivity index (χ0) is 16.2. The van der Waals surface area contributed by atoms with Crippen LogP contribution < -0.4 is 5.73 Å². The Bertz CT molecular complexity index is 476. The number of hydrogen-bond donors (Lipinski definition) is 1. The molecular weight excluding hydrogens is 274 g/mol. The van der Waals surface area contributed by atoms with E-state index in [0.29, 0.717) is 6.54 Å². The van der Waals surface area contributed by atoms with Gasteiger partial charge in [0.05, 0.1) is 0 Å². The quantitative estimate of drug-likeness (QED) is 0.811. The van der Waals surface area contributed by atoms with E-state index in [4.69, 9.17) is 5.73 Å².